The molecule has 44 heavy (non-hydrogen) atoms. The fourth-order valence-corrected chi connectivity index (χ4v) is 8.44. The number of hydrogen-bond acceptors (Lipinski definition) is 7. The molecule has 1 aromatic heterocycles. The highest BCUT2D eigenvalue weighted by Gasteiger charge is 2.56. The van der Waals surface area contributed by atoms with Crippen molar-refractivity contribution in [2.45, 2.75) is 48.9 Å². The molecule has 0 bridgehead atoms. The molecule has 6 rings (SSSR count). The lowest BCUT2D eigenvalue weighted by Crippen LogP contribution is -2.33. The molecule has 8 nitrogen and oxygen atoms in total. The Morgan fingerprint density at radius 1 is 0.932 bits per heavy atom. The van der Waals surface area contributed by atoms with Crippen molar-refractivity contribution in [1.82, 2.24) is 4.57 Å². The van der Waals surface area contributed by atoms with E-state index in [1.54, 1.807) is 31.4 Å². The number of halogens is 1. The first-order chi connectivity index (χ1) is 21.0. The first kappa shape index (κ1) is 29.8. The summed E-state index contributed by atoms with van der Waals surface area (Å²) in [7, 11) is 1.55. The van der Waals surface area contributed by atoms with E-state index in [1.807, 2.05) is 24.3 Å². The number of carbonyl (C=O) groups is 3. The Bertz CT molecular complexity index is 1810. The summed E-state index contributed by atoms with van der Waals surface area (Å²) in [5, 5.41) is 2.47. The summed E-state index contributed by atoms with van der Waals surface area (Å²) in [4.78, 5) is 55.8. The van der Waals surface area contributed by atoms with E-state index in [2.05, 4.69) is 26.1 Å². The van der Waals surface area contributed by atoms with Crippen molar-refractivity contribution in [2.24, 2.45) is 5.92 Å². The molecule has 4 aromatic rings. The summed E-state index contributed by atoms with van der Waals surface area (Å²) in [6.07, 6.45) is 0. The third-order valence-electron chi connectivity index (χ3n) is 7.95. The number of nitrogens with zero attached hydrogens (tertiary/aromatic N) is 2. The molecule has 0 saturated carbocycles. The quantitative estimate of drug-likeness (QED) is 0.271. The van der Waals surface area contributed by atoms with E-state index in [9.17, 15) is 23.6 Å². The molecule has 0 aliphatic carbocycles. The molecular formula is C33H30FN3O5S2. The maximum absolute atomic E-state index is 14.0. The second-order valence-corrected chi connectivity index (χ2v) is 13.9. The zero-order chi connectivity index (χ0) is 31.3. The average Bonchev–Trinajstić information content (AvgIpc) is 3.43. The minimum absolute atomic E-state index is 0.0987. The monoisotopic (exact) mass is 631 g/mol. The molecule has 1 fully saturated rings. The van der Waals surface area contributed by atoms with Gasteiger partial charge in [-0.1, -0.05) is 68.1 Å². The molecule has 0 radical (unpaired) electrons. The highest BCUT2D eigenvalue weighted by molar-refractivity contribution is 8.00. The molecular weight excluding hydrogens is 602 g/mol. The third-order valence-corrected chi connectivity index (χ3v) is 10.5. The maximum atomic E-state index is 14.0. The molecule has 2 aliphatic heterocycles. The van der Waals surface area contributed by atoms with Crippen LogP contribution in [-0.2, 0) is 26.3 Å². The van der Waals surface area contributed by atoms with Crippen LogP contribution in [0.5, 0.6) is 5.75 Å². The van der Waals surface area contributed by atoms with E-state index in [0.29, 0.717) is 21.3 Å². The van der Waals surface area contributed by atoms with E-state index < -0.39 is 40.6 Å². The van der Waals surface area contributed by atoms with Gasteiger partial charge in [0.15, 0.2) is 0 Å². The van der Waals surface area contributed by atoms with Crippen LogP contribution in [0.3, 0.4) is 0 Å². The first-order valence-corrected chi connectivity index (χ1v) is 15.7. The summed E-state index contributed by atoms with van der Waals surface area (Å²) in [6.45, 7) is 6.06. The summed E-state index contributed by atoms with van der Waals surface area (Å²) in [5.74, 6) is -2.46. The Labute approximate surface area is 261 Å². The van der Waals surface area contributed by atoms with Crippen LogP contribution < -0.4 is 19.8 Å². The Hall–Kier alpha value is -4.22. The number of methoxy groups -OCH3 is 1. The number of nitrogens with one attached hydrogen (secondary N) is 1. The normalized spacial score (nSPS) is 19.5. The number of benzene rings is 3. The number of imide groups is 1. The van der Waals surface area contributed by atoms with E-state index in [-0.39, 0.29) is 22.5 Å². The van der Waals surface area contributed by atoms with Crippen LogP contribution >= 0.6 is 23.1 Å². The molecule has 3 aromatic carbocycles. The highest BCUT2D eigenvalue weighted by atomic mass is 32.2. The number of thiazole rings is 1. The van der Waals surface area contributed by atoms with Gasteiger partial charge in [-0.3, -0.25) is 23.7 Å². The van der Waals surface area contributed by atoms with Crippen LogP contribution in [0.25, 0.3) is 0 Å². The summed E-state index contributed by atoms with van der Waals surface area (Å²) >= 11 is 2.13. The lowest BCUT2D eigenvalue weighted by molar-refractivity contribution is -0.122. The minimum atomic E-state index is -0.836. The molecule has 3 amide bonds. The van der Waals surface area contributed by atoms with Crippen LogP contribution in [0.2, 0.25) is 0 Å². The van der Waals surface area contributed by atoms with Gasteiger partial charge in [0, 0.05) is 16.5 Å². The number of ether oxygens (including phenoxy) is 1. The number of aromatic nitrogens is 1. The molecule has 2 aliphatic rings. The first-order valence-electron chi connectivity index (χ1n) is 14.0. The molecule has 11 heteroatoms. The SMILES string of the molecule is COc1ccc(NC(=O)Cn2c3c(sc2=O)[C@@H](c2ccc(C(C)(C)C)cc2)[C@@H]2C(=O)N(c4ccc(F)cc4)C(=O)[C@@H]2S3)cc1. The fourth-order valence-electron chi connectivity index (χ4n) is 5.67. The van der Waals surface area contributed by atoms with Crippen molar-refractivity contribution < 1.29 is 23.5 Å². The largest absolute Gasteiger partial charge is 0.497 e. The van der Waals surface area contributed by atoms with Gasteiger partial charge in [0.05, 0.1) is 23.7 Å². The number of fused-ring (bicyclic) bond motifs is 2. The smallest absolute Gasteiger partial charge is 0.308 e. The third kappa shape index (κ3) is 5.35. The van der Waals surface area contributed by atoms with E-state index >= 15 is 0 Å². The van der Waals surface area contributed by atoms with Gasteiger partial charge in [-0.15, -0.1) is 0 Å². The summed E-state index contributed by atoms with van der Waals surface area (Å²) in [5.41, 5.74) is 2.64. The predicted molar refractivity (Wildman–Crippen MR) is 169 cm³/mol. The molecule has 0 unspecified atom stereocenters. The van der Waals surface area contributed by atoms with Crippen molar-refractivity contribution >= 4 is 52.2 Å². The van der Waals surface area contributed by atoms with Gasteiger partial charge in [0.2, 0.25) is 17.7 Å². The van der Waals surface area contributed by atoms with E-state index in [1.165, 1.54) is 28.8 Å². The molecule has 3 atom stereocenters. The van der Waals surface area contributed by atoms with Crippen molar-refractivity contribution in [2.75, 3.05) is 17.3 Å². The van der Waals surface area contributed by atoms with Gasteiger partial charge >= 0.3 is 4.87 Å². The number of hydrogen-bond donors (Lipinski definition) is 1. The van der Waals surface area contributed by atoms with Crippen LogP contribution in [0, 0.1) is 11.7 Å². The van der Waals surface area contributed by atoms with E-state index in [4.69, 9.17) is 4.74 Å². The Morgan fingerprint density at radius 2 is 1.59 bits per heavy atom. The number of anilines is 2. The van der Waals surface area contributed by atoms with Gasteiger partial charge in [-0.2, -0.15) is 0 Å². The van der Waals surface area contributed by atoms with Gasteiger partial charge < -0.3 is 10.1 Å². The second kappa shape index (κ2) is 11.4. The fraction of sp³-hybridized carbons (Fsp3) is 0.273. The molecule has 1 N–H and O–H groups in total. The number of rotatable bonds is 6. The number of thioether (sulfide) groups is 1. The Balaban J connectivity index is 1.40. The maximum Gasteiger partial charge on any atom is 0.308 e. The van der Waals surface area contributed by atoms with Crippen molar-refractivity contribution in [3.8, 4) is 5.75 Å². The topological polar surface area (TPSA) is 97.7 Å². The van der Waals surface area contributed by atoms with Crippen molar-refractivity contribution in [3.63, 3.8) is 0 Å². The highest BCUT2D eigenvalue weighted by Crippen LogP contribution is 2.54. The summed E-state index contributed by atoms with van der Waals surface area (Å²) < 4.78 is 20.2. The van der Waals surface area contributed by atoms with Crippen molar-refractivity contribution in [1.29, 1.82) is 0 Å². The zero-order valence-electron chi connectivity index (χ0n) is 24.5. The predicted octanol–water partition coefficient (Wildman–Crippen LogP) is 5.79. The Morgan fingerprint density at radius 3 is 2.20 bits per heavy atom. The Kier molecular flexibility index (Phi) is 7.71. The lowest BCUT2D eigenvalue weighted by Gasteiger charge is -2.31. The number of amides is 3. The van der Waals surface area contributed by atoms with Gasteiger partial charge in [-0.25, -0.2) is 9.29 Å². The van der Waals surface area contributed by atoms with Gasteiger partial charge in [0.25, 0.3) is 0 Å². The standard InChI is InChI=1S/C33H30FN3O5S2/c1-33(2,3)19-7-5-18(6-8-19)25-26-27(30(40)37(29(26)39)22-13-9-20(34)10-14-22)43-31-28(25)44-32(41)36(31)17-24(38)35-21-11-15-23(42-4)16-12-21/h5-16,25-27H,17H2,1-4H3,(H,35,38)/t25-,26-,27+/m0/s1. The van der Waals surface area contributed by atoms with Gasteiger partial charge in [-0.05, 0) is 65.1 Å². The van der Waals surface area contributed by atoms with Crippen LogP contribution in [0.4, 0.5) is 15.8 Å². The molecule has 1 saturated heterocycles. The molecule has 3 heterocycles. The summed E-state index contributed by atoms with van der Waals surface area (Å²) in [6, 6.07) is 20.0. The van der Waals surface area contributed by atoms with Crippen LogP contribution in [0.1, 0.15) is 42.7 Å². The molecule has 0 spiro atoms. The van der Waals surface area contributed by atoms with Crippen LogP contribution in [0.15, 0.2) is 82.6 Å². The van der Waals surface area contributed by atoms with Crippen molar-refractivity contribution in [3.05, 3.63) is 104 Å². The van der Waals surface area contributed by atoms with Gasteiger partial charge in [0.1, 0.15) is 23.4 Å². The zero-order valence-corrected chi connectivity index (χ0v) is 26.1. The second-order valence-electron chi connectivity index (χ2n) is 11.8. The average molecular weight is 632 g/mol. The lowest BCUT2D eigenvalue weighted by atomic mass is 9.81. The van der Waals surface area contributed by atoms with E-state index in [0.717, 1.165) is 39.1 Å². The number of carbonyl (C=O) groups excluding carboxylic acids is 3. The van der Waals surface area contributed by atoms with Crippen LogP contribution in [-0.4, -0.2) is 34.6 Å². The molecule has 226 valence electrons. The minimum Gasteiger partial charge on any atom is -0.497 e.